The second kappa shape index (κ2) is 10.4. The highest BCUT2D eigenvalue weighted by molar-refractivity contribution is 5.91. The van der Waals surface area contributed by atoms with Crippen LogP contribution < -0.4 is 10.6 Å². The summed E-state index contributed by atoms with van der Waals surface area (Å²) < 4.78 is 0. The second-order valence-corrected chi connectivity index (χ2v) is 5.77. The van der Waals surface area contributed by atoms with Gasteiger partial charge >= 0.3 is 0 Å². The third kappa shape index (κ3) is 6.36. The van der Waals surface area contributed by atoms with Crippen molar-refractivity contribution in [2.45, 2.75) is 39.0 Å². The zero-order valence-electron chi connectivity index (χ0n) is 14.3. The van der Waals surface area contributed by atoms with Gasteiger partial charge in [-0.1, -0.05) is 50.1 Å². The van der Waals surface area contributed by atoms with Gasteiger partial charge in [0.15, 0.2) is 0 Å². The fraction of sp³-hybridized carbons (Fsp3) is 0.421. The molecule has 2 rings (SSSR count). The first-order valence-corrected chi connectivity index (χ1v) is 8.67. The van der Waals surface area contributed by atoms with E-state index < -0.39 is 0 Å². The van der Waals surface area contributed by atoms with E-state index in [1.54, 1.807) is 6.20 Å². The summed E-state index contributed by atoms with van der Waals surface area (Å²) in [6.45, 7) is 3.69. The number of rotatable bonds is 10. The molecule has 2 N–H and O–H groups in total. The molecule has 0 atom stereocenters. The van der Waals surface area contributed by atoms with Crippen LogP contribution in [-0.2, 0) is 6.42 Å². The smallest absolute Gasteiger partial charge is 0.271 e. The number of anilines is 1. The van der Waals surface area contributed by atoms with Gasteiger partial charge in [-0.3, -0.25) is 4.79 Å². The molecule has 1 amide bonds. The first-order valence-electron chi connectivity index (χ1n) is 8.67. The Morgan fingerprint density at radius 2 is 1.83 bits per heavy atom. The van der Waals surface area contributed by atoms with Crippen LogP contribution in [0.25, 0.3) is 0 Å². The lowest BCUT2D eigenvalue weighted by Gasteiger charge is -2.07. The Labute approximate surface area is 143 Å². The third-order valence-corrected chi connectivity index (χ3v) is 3.74. The van der Waals surface area contributed by atoms with Gasteiger partial charge in [0.1, 0.15) is 11.5 Å². The first kappa shape index (κ1) is 17.9. The maximum Gasteiger partial charge on any atom is 0.271 e. The van der Waals surface area contributed by atoms with E-state index in [9.17, 15) is 4.79 Å². The summed E-state index contributed by atoms with van der Waals surface area (Å²) in [4.78, 5) is 20.4. The molecule has 2 aromatic rings. The van der Waals surface area contributed by atoms with Crippen LogP contribution >= 0.6 is 0 Å². The Kier molecular flexibility index (Phi) is 7.74. The average molecular weight is 326 g/mol. The molecule has 0 saturated heterocycles. The zero-order valence-corrected chi connectivity index (χ0v) is 14.3. The maximum absolute atomic E-state index is 12.0. The molecular formula is C19H26N4O. The molecular weight excluding hydrogens is 300 g/mol. The lowest BCUT2D eigenvalue weighted by Crippen LogP contribution is -2.25. The van der Waals surface area contributed by atoms with Gasteiger partial charge in [0.05, 0.1) is 12.4 Å². The van der Waals surface area contributed by atoms with E-state index in [-0.39, 0.29) is 5.91 Å². The fourth-order valence-electron chi connectivity index (χ4n) is 2.36. The standard InChI is InChI=1S/C19H26N4O/c1-2-3-7-12-20-18-15-22-17(14-23-18)19(24)21-13-8-11-16-9-5-4-6-10-16/h4-6,9-10,14-15H,2-3,7-8,11-13H2,1H3,(H,20,23)(H,21,24). The Bertz CT molecular complexity index is 599. The number of nitrogens with zero attached hydrogens (tertiary/aromatic N) is 2. The Morgan fingerprint density at radius 3 is 2.54 bits per heavy atom. The molecule has 1 heterocycles. The molecule has 0 spiro atoms. The van der Waals surface area contributed by atoms with Gasteiger partial charge in [-0.2, -0.15) is 0 Å². The molecule has 0 saturated carbocycles. The molecule has 0 radical (unpaired) electrons. The van der Waals surface area contributed by atoms with Crippen LogP contribution in [0.15, 0.2) is 42.7 Å². The second-order valence-electron chi connectivity index (χ2n) is 5.77. The van der Waals surface area contributed by atoms with Crippen LogP contribution in [0.1, 0.15) is 48.7 Å². The molecule has 0 unspecified atom stereocenters. The van der Waals surface area contributed by atoms with Gasteiger partial charge in [0.25, 0.3) is 5.91 Å². The van der Waals surface area contributed by atoms with E-state index in [0.717, 1.165) is 25.8 Å². The van der Waals surface area contributed by atoms with Crippen LogP contribution in [0.2, 0.25) is 0 Å². The van der Waals surface area contributed by atoms with Crippen molar-refractivity contribution >= 4 is 11.7 Å². The van der Waals surface area contributed by atoms with Crippen molar-refractivity contribution in [2.75, 3.05) is 18.4 Å². The minimum absolute atomic E-state index is 0.173. The highest BCUT2D eigenvalue weighted by atomic mass is 16.1. The SMILES string of the molecule is CCCCCNc1cnc(C(=O)NCCCc2ccccc2)cn1. The minimum atomic E-state index is -0.173. The number of aryl methyl sites for hydroxylation is 1. The number of unbranched alkanes of at least 4 members (excludes halogenated alkanes) is 2. The molecule has 0 aliphatic heterocycles. The van der Waals surface area contributed by atoms with E-state index in [1.165, 1.54) is 24.6 Å². The van der Waals surface area contributed by atoms with Gasteiger partial charge in [0.2, 0.25) is 0 Å². The number of carbonyl (C=O) groups excluding carboxylic acids is 1. The van der Waals surface area contributed by atoms with E-state index in [4.69, 9.17) is 0 Å². The predicted octanol–water partition coefficient (Wildman–Crippen LogP) is 3.44. The molecule has 1 aromatic heterocycles. The molecule has 0 fully saturated rings. The predicted molar refractivity (Wildman–Crippen MR) is 97.1 cm³/mol. The van der Waals surface area contributed by atoms with E-state index in [2.05, 4.69) is 39.7 Å². The summed E-state index contributed by atoms with van der Waals surface area (Å²) in [5, 5.41) is 6.10. The quantitative estimate of drug-likeness (QED) is 0.656. The van der Waals surface area contributed by atoms with Crippen molar-refractivity contribution in [3.05, 3.63) is 54.0 Å². The molecule has 24 heavy (non-hydrogen) atoms. The Balaban J connectivity index is 1.68. The molecule has 0 aliphatic carbocycles. The summed E-state index contributed by atoms with van der Waals surface area (Å²) in [6.07, 6.45) is 8.50. The maximum atomic E-state index is 12.0. The molecule has 128 valence electrons. The van der Waals surface area contributed by atoms with Crippen molar-refractivity contribution in [3.8, 4) is 0 Å². The zero-order chi connectivity index (χ0) is 17.0. The fourth-order valence-corrected chi connectivity index (χ4v) is 2.36. The summed E-state index contributed by atoms with van der Waals surface area (Å²) in [5.41, 5.74) is 1.64. The summed E-state index contributed by atoms with van der Waals surface area (Å²) >= 11 is 0. The van der Waals surface area contributed by atoms with E-state index >= 15 is 0 Å². The molecule has 1 aromatic carbocycles. The number of amides is 1. The largest absolute Gasteiger partial charge is 0.369 e. The van der Waals surface area contributed by atoms with Crippen LogP contribution in [0.5, 0.6) is 0 Å². The van der Waals surface area contributed by atoms with Gasteiger partial charge in [-0.15, -0.1) is 0 Å². The summed E-state index contributed by atoms with van der Waals surface area (Å²) in [7, 11) is 0. The van der Waals surface area contributed by atoms with Crippen LogP contribution in [0.3, 0.4) is 0 Å². The average Bonchev–Trinajstić information content (AvgIpc) is 2.63. The molecule has 0 aliphatic rings. The third-order valence-electron chi connectivity index (χ3n) is 3.74. The number of aromatic nitrogens is 2. The van der Waals surface area contributed by atoms with Crippen molar-refractivity contribution in [1.29, 1.82) is 0 Å². The highest BCUT2D eigenvalue weighted by Gasteiger charge is 2.07. The number of nitrogens with one attached hydrogen (secondary N) is 2. The summed E-state index contributed by atoms with van der Waals surface area (Å²) in [5.74, 6) is 0.542. The monoisotopic (exact) mass is 326 g/mol. The van der Waals surface area contributed by atoms with Gasteiger partial charge in [-0.05, 0) is 24.8 Å². The Morgan fingerprint density at radius 1 is 1.00 bits per heavy atom. The first-order chi connectivity index (χ1) is 11.8. The number of hydrogen-bond acceptors (Lipinski definition) is 4. The normalized spacial score (nSPS) is 10.4. The summed E-state index contributed by atoms with van der Waals surface area (Å²) in [6, 6.07) is 10.3. The topological polar surface area (TPSA) is 66.9 Å². The van der Waals surface area contributed by atoms with Gasteiger partial charge in [-0.25, -0.2) is 9.97 Å². The molecule has 5 heteroatoms. The van der Waals surface area contributed by atoms with Crippen LogP contribution in [0.4, 0.5) is 5.82 Å². The molecule has 5 nitrogen and oxygen atoms in total. The Hall–Kier alpha value is -2.43. The van der Waals surface area contributed by atoms with Crippen molar-refractivity contribution < 1.29 is 4.79 Å². The van der Waals surface area contributed by atoms with Gasteiger partial charge < -0.3 is 10.6 Å². The van der Waals surface area contributed by atoms with E-state index in [0.29, 0.717) is 18.1 Å². The molecule has 0 bridgehead atoms. The van der Waals surface area contributed by atoms with Crippen molar-refractivity contribution in [3.63, 3.8) is 0 Å². The number of benzene rings is 1. The minimum Gasteiger partial charge on any atom is -0.369 e. The van der Waals surface area contributed by atoms with Crippen molar-refractivity contribution in [2.24, 2.45) is 0 Å². The number of hydrogen-bond donors (Lipinski definition) is 2. The van der Waals surface area contributed by atoms with E-state index in [1.807, 2.05) is 18.2 Å². The van der Waals surface area contributed by atoms with Gasteiger partial charge in [0, 0.05) is 13.1 Å². The van der Waals surface area contributed by atoms with Crippen LogP contribution in [0, 0.1) is 0 Å². The lowest BCUT2D eigenvalue weighted by molar-refractivity contribution is 0.0948. The van der Waals surface area contributed by atoms with Crippen molar-refractivity contribution in [1.82, 2.24) is 15.3 Å². The van der Waals surface area contributed by atoms with Crippen LogP contribution in [-0.4, -0.2) is 29.0 Å². The highest BCUT2D eigenvalue weighted by Crippen LogP contribution is 2.04. The lowest BCUT2D eigenvalue weighted by atomic mass is 10.1. The number of carbonyl (C=O) groups is 1.